The van der Waals surface area contributed by atoms with Crippen molar-refractivity contribution >= 4 is 35.4 Å². The Morgan fingerprint density at radius 2 is 1.88 bits per heavy atom. The lowest BCUT2D eigenvalue weighted by atomic mass is 10.0. The zero-order valence-electron chi connectivity index (χ0n) is 18.3. The molecule has 0 aromatic heterocycles. The molecule has 32 heavy (non-hydrogen) atoms. The third kappa shape index (κ3) is 4.04. The van der Waals surface area contributed by atoms with Gasteiger partial charge in [-0.2, -0.15) is 0 Å². The van der Waals surface area contributed by atoms with E-state index in [4.69, 9.17) is 4.74 Å². The number of rotatable bonds is 3. The van der Waals surface area contributed by atoms with Crippen LogP contribution in [0.4, 0.5) is 10.5 Å². The van der Waals surface area contributed by atoms with Crippen LogP contribution < -0.4 is 10.6 Å². The number of anilines is 1. The number of nitrogens with zero attached hydrogens (tertiary/aromatic N) is 2. The first-order chi connectivity index (χ1) is 15.0. The van der Waals surface area contributed by atoms with Gasteiger partial charge in [-0.25, -0.2) is 4.79 Å². The maximum absolute atomic E-state index is 13.2. The van der Waals surface area contributed by atoms with Gasteiger partial charge in [-0.3, -0.25) is 29.4 Å². The van der Waals surface area contributed by atoms with Crippen molar-refractivity contribution in [1.29, 1.82) is 0 Å². The van der Waals surface area contributed by atoms with E-state index in [2.05, 4.69) is 10.6 Å². The molecule has 4 rings (SSSR count). The average molecular weight is 442 g/mol. The van der Waals surface area contributed by atoms with E-state index in [0.717, 1.165) is 4.90 Å². The largest absolute Gasteiger partial charge is 0.444 e. The Balaban J connectivity index is 1.50. The van der Waals surface area contributed by atoms with Crippen molar-refractivity contribution < 1.29 is 28.7 Å². The van der Waals surface area contributed by atoms with Gasteiger partial charge in [0.25, 0.3) is 11.8 Å². The van der Waals surface area contributed by atoms with Crippen molar-refractivity contribution in [1.82, 2.24) is 15.1 Å². The number of carbonyl (C=O) groups is 5. The lowest BCUT2D eigenvalue weighted by Gasteiger charge is -2.28. The minimum Gasteiger partial charge on any atom is -0.444 e. The summed E-state index contributed by atoms with van der Waals surface area (Å²) >= 11 is 0. The van der Waals surface area contributed by atoms with E-state index in [9.17, 15) is 24.0 Å². The van der Waals surface area contributed by atoms with E-state index in [1.54, 1.807) is 43.9 Å². The number of hydrogen-bond acceptors (Lipinski definition) is 7. The SMILES string of the molecule is CC(C)(C)OC(=O)N1CCC(Nc2cccc3c2C(=O)N(C2CCC(=O)NC2=O)C3=O)C1. The van der Waals surface area contributed by atoms with Gasteiger partial charge in [-0.05, 0) is 45.7 Å². The highest BCUT2D eigenvalue weighted by Crippen LogP contribution is 2.33. The second-order valence-corrected chi connectivity index (χ2v) is 9.23. The molecule has 2 fully saturated rings. The van der Waals surface area contributed by atoms with Crippen LogP contribution in [0.5, 0.6) is 0 Å². The van der Waals surface area contributed by atoms with Crippen LogP contribution in [0.1, 0.15) is 60.7 Å². The summed E-state index contributed by atoms with van der Waals surface area (Å²) in [4.78, 5) is 64.7. The molecule has 2 saturated heterocycles. The molecule has 10 nitrogen and oxygen atoms in total. The first-order valence-electron chi connectivity index (χ1n) is 10.6. The summed E-state index contributed by atoms with van der Waals surface area (Å²) in [6.07, 6.45) is 0.432. The molecule has 0 saturated carbocycles. The molecule has 170 valence electrons. The van der Waals surface area contributed by atoms with Gasteiger partial charge in [0, 0.05) is 31.2 Å². The Kier molecular flexibility index (Phi) is 5.39. The molecule has 1 aromatic carbocycles. The zero-order valence-corrected chi connectivity index (χ0v) is 18.3. The maximum atomic E-state index is 13.2. The maximum Gasteiger partial charge on any atom is 0.410 e. The minimum absolute atomic E-state index is 0.0670. The normalized spacial score (nSPS) is 23.3. The van der Waals surface area contributed by atoms with Crippen molar-refractivity contribution in [3.63, 3.8) is 0 Å². The summed E-state index contributed by atoms with van der Waals surface area (Å²) in [5.41, 5.74) is 0.311. The third-order valence-corrected chi connectivity index (χ3v) is 5.67. The third-order valence-electron chi connectivity index (χ3n) is 5.67. The molecule has 3 aliphatic heterocycles. The number of hydrogen-bond donors (Lipinski definition) is 2. The van der Waals surface area contributed by atoms with Gasteiger partial charge in [-0.15, -0.1) is 0 Å². The van der Waals surface area contributed by atoms with E-state index < -0.39 is 41.4 Å². The van der Waals surface area contributed by atoms with Gasteiger partial charge in [0.15, 0.2) is 0 Å². The van der Waals surface area contributed by atoms with Gasteiger partial charge in [0.2, 0.25) is 11.8 Å². The molecule has 0 aliphatic carbocycles. The fourth-order valence-corrected chi connectivity index (χ4v) is 4.23. The van der Waals surface area contributed by atoms with Gasteiger partial charge in [0.1, 0.15) is 11.6 Å². The van der Waals surface area contributed by atoms with Crippen LogP contribution in [0.15, 0.2) is 18.2 Å². The summed E-state index contributed by atoms with van der Waals surface area (Å²) in [7, 11) is 0. The summed E-state index contributed by atoms with van der Waals surface area (Å²) in [5, 5.41) is 5.47. The number of imide groups is 2. The smallest absolute Gasteiger partial charge is 0.410 e. The Morgan fingerprint density at radius 3 is 2.56 bits per heavy atom. The van der Waals surface area contributed by atoms with Crippen molar-refractivity contribution in [2.75, 3.05) is 18.4 Å². The monoisotopic (exact) mass is 442 g/mol. The van der Waals surface area contributed by atoms with E-state index in [1.807, 2.05) is 0 Å². The van der Waals surface area contributed by atoms with Crippen LogP contribution in [0.3, 0.4) is 0 Å². The fraction of sp³-hybridized carbons (Fsp3) is 0.500. The first kappa shape index (κ1) is 21.8. The Morgan fingerprint density at radius 1 is 1.12 bits per heavy atom. The Bertz CT molecular complexity index is 1010. The Hall–Kier alpha value is -3.43. The second kappa shape index (κ2) is 7.92. The number of nitrogens with one attached hydrogen (secondary N) is 2. The topological polar surface area (TPSA) is 125 Å². The van der Waals surface area contributed by atoms with Gasteiger partial charge >= 0.3 is 6.09 Å². The number of fused-ring (bicyclic) bond motifs is 1. The molecule has 10 heteroatoms. The average Bonchev–Trinajstić information content (AvgIpc) is 3.25. The quantitative estimate of drug-likeness (QED) is 0.680. The molecule has 2 N–H and O–H groups in total. The first-order valence-corrected chi connectivity index (χ1v) is 10.6. The number of ether oxygens (including phenoxy) is 1. The van der Waals surface area contributed by atoms with Gasteiger partial charge < -0.3 is 15.0 Å². The molecule has 1 aromatic rings. The molecular formula is C22H26N4O6. The van der Waals surface area contributed by atoms with Crippen LogP contribution in [0, 0.1) is 0 Å². The molecule has 0 radical (unpaired) electrons. The number of likely N-dealkylation sites (tertiary alicyclic amines) is 1. The molecule has 5 amide bonds. The minimum atomic E-state index is -1.01. The summed E-state index contributed by atoms with van der Waals surface area (Å²) in [6, 6.07) is 3.78. The molecule has 2 atom stereocenters. The zero-order chi connectivity index (χ0) is 23.2. The second-order valence-electron chi connectivity index (χ2n) is 9.23. The lowest BCUT2D eigenvalue weighted by molar-refractivity contribution is -0.136. The lowest BCUT2D eigenvalue weighted by Crippen LogP contribution is -2.54. The van der Waals surface area contributed by atoms with Crippen LogP contribution in [0.25, 0.3) is 0 Å². The number of amides is 5. The fourth-order valence-electron chi connectivity index (χ4n) is 4.23. The van der Waals surface area contributed by atoms with Gasteiger partial charge in [-0.1, -0.05) is 6.07 Å². The van der Waals surface area contributed by atoms with E-state index in [0.29, 0.717) is 25.2 Å². The Labute approximate surface area is 185 Å². The summed E-state index contributed by atoms with van der Waals surface area (Å²) in [6.45, 7) is 6.33. The molecule has 3 heterocycles. The van der Waals surface area contributed by atoms with Crippen LogP contribution >= 0.6 is 0 Å². The number of benzene rings is 1. The highest BCUT2D eigenvalue weighted by Gasteiger charge is 2.46. The number of piperidine rings is 1. The van der Waals surface area contributed by atoms with Crippen LogP contribution in [-0.4, -0.2) is 70.3 Å². The van der Waals surface area contributed by atoms with E-state index in [-0.39, 0.29) is 30.0 Å². The van der Waals surface area contributed by atoms with E-state index >= 15 is 0 Å². The van der Waals surface area contributed by atoms with Crippen LogP contribution in [0.2, 0.25) is 0 Å². The highest BCUT2D eigenvalue weighted by molar-refractivity contribution is 6.25. The van der Waals surface area contributed by atoms with Crippen molar-refractivity contribution in [3.05, 3.63) is 29.3 Å². The molecule has 3 aliphatic rings. The summed E-state index contributed by atoms with van der Waals surface area (Å²) in [5.74, 6) is -2.18. The predicted molar refractivity (Wildman–Crippen MR) is 113 cm³/mol. The predicted octanol–water partition coefficient (Wildman–Crippen LogP) is 1.51. The van der Waals surface area contributed by atoms with Crippen molar-refractivity contribution in [3.8, 4) is 0 Å². The van der Waals surface area contributed by atoms with E-state index in [1.165, 1.54) is 0 Å². The summed E-state index contributed by atoms with van der Waals surface area (Å²) < 4.78 is 5.42. The standard InChI is InChI=1S/C22H26N4O6/c1-22(2,3)32-21(31)25-10-9-12(11-25)23-14-6-4-5-13-17(14)20(30)26(19(13)29)15-7-8-16(27)24-18(15)28/h4-6,12,15,23H,7-11H2,1-3H3,(H,24,27,28). The molecule has 0 spiro atoms. The van der Waals surface area contributed by atoms with Crippen LogP contribution in [-0.2, 0) is 14.3 Å². The van der Waals surface area contributed by atoms with Gasteiger partial charge in [0.05, 0.1) is 11.1 Å². The number of carbonyl (C=O) groups excluding carboxylic acids is 5. The van der Waals surface area contributed by atoms with Crippen molar-refractivity contribution in [2.45, 2.75) is 57.7 Å². The van der Waals surface area contributed by atoms with Crippen molar-refractivity contribution in [2.24, 2.45) is 0 Å². The molecule has 2 unspecified atom stereocenters. The molecule has 0 bridgehead atoms. The molecular weight excluding hydrogens is 416 g/mol. The highest BCUT2D eigenvalue weighted by atomic mass is 16.6.